The highest BCUT2D eigenvalue weighted by Crippen LogP contribution is 2.19. The van der Waals surface area contributed by atoms with Gasteiger partial charge in [0, 0.05) is 43.1 Å². The molecular weight excluding hydrogens is 288 g/mol. The predicted octanol–water partition coefficient (Wildman–Crippen LogP) is 3.27. The van der Waals surface area contributed by atoms with E-state index in [1.54, 1.807) is 6.07 Å². The minimum Gasteiger partial charge on any atom is -0.378 e. The lowest BCUT2D eigenvalue weighted by Gasteiger charge is -2.13. The highest BCUT2D eigenvalue weighted by molar-refractivity contribution is 6.08. The fraction of sp³-hybridized carbons (Fsp3) is 0.222. The molecule has 0 spiro atoms. The van der Waals surface area contributed by atoms with Crippen LogP contribution in [0.25, 0.3) is 5.65 Å². The lowest BCUT2D eigenvalue weighted by molar-refractivity contribution is 0.102. The summed E-state index contributed by atoms with van der Waals surface area (Å²) in [6, 6.07) is 11.5. The first-order valence-corrected chi connectivity index (χ1v) is 7.50. The van der Waals surface area contributed by atoms with Crippen molar-refractivity contribution in [2.75, 3.05) is 24.3 Å². The van der Waals surface area contributed by atoms with Crippen molar-refractivity contribution < 1.29 is 4.79 Å². The van der Waals surface area contributed by atoms with Crippen LogP contribution in [0.1, 0.15) is 21.7 Å². The van der Waals surface area contributed by atoms with E-state index in [-0.39, 0.29) is 5.91 Å². The van der Waals surface area contributed by atoms with Crippen LogP contribution in [0.15, 0.2) is 42.6 Å². The zero-order chi connectivity index (χ0) is 16.6. The maximum Gasteiger partial charge on any atom is 0.259 e. The van der Waals surface area contributed by atoms with Gasteiger partial charge in [0.1, 0.15) is 5.65 Å². The number of benzene rings is 1. The highest BCUT2D eigenvalue weighted by Gasteiger charge is 2.14. The van der Waals surface area contributed by atoms with Crippen molar-refractivity contribution in [2.24, 2.45) is 0 Å². The Balaban J connectivity index is 1.89. The Labute approximate surface area is 135 Å². The molecule has 0 radical (unpaired) electrons. The molecule has 3 rings (SSSR count). The van der Waals surface area contributed by atoms with Gasteiger partial charge in [-0.1, -0.05) is 0 Å². The number of anilines is 2. The average Bonchev–Trinajstić information content (AvgIpc) is 2.91. The number of carbonyl (C=O) groups excluding carboxylic acids is 1. The Morgan fingerprint density at radius 1 is 1.13 bits per heavy atom. The van der Waals surface area contributed by atoms with Crippen LogP contribution in [-0.2, 0) is 0 Å². The van der Waals surface area contributed by atoms with Crippen LogP contribution >= 0.6 is 0 Å². The van der Waals surface area contributed by atoms with Crippen LogP contribution < -0.4 is 10.2 Å². The molecular formula is C18H20N4O. The Hall–Kier alpha value is -2.82. The summed E-state index contributed by atoms with van der Waals surface area (Å²) < 4.78 is 1.93. The van der Waals surface area contributed by atoms with Crippen molar-refractivity contribution in [1.29, 1.82) is 0 Å². The van der Waals surface area contributed by atoms with Crippen molar-refractivity contribution in [2.45, 2.75) is 13.8 Å². The number of aryl methyl sites for hydroxylation is 2. The molecule has 0 saturated heterocycles. The summed E-state index contributed by atoms with van der Waals surface area (Å²) in [6.45, 7) is 3.94. The Bertz CT molecular complexity index is 863. The summed E-state index contributed by atoms with van der Waals surface area (Å²) in [5.41, 5.74) is 5.08. The molecule has 3 aromatic rings. The second kappa shape index (κ2) is 5.76. The third-order valence-corrected chi connectivity index (χ3v) is 3.83. The van der Waals surface area contributed by atoms with Gasteiger partial charge in [-0.05, 0) is 50.2 Å². The predicted molar refractivity (Wildman–Crippen MR) is 93.4 cm³/mol. The standard InChI is InChI=1S/C18H20N4O/c1-12-11-13(2)22-10-9-16(17(22)19-12)18(23)20-14-5-7-15(8-6-14)21(3)4/h5-11H,1-4H3,(H,20,23). The number of aromatic nitrogens is 2. The maximum atomic E-state index is 12.6. The van der Waals surface area contributed by atoms with E-state index in [1.165, 1.54) is 0 Å². The molecule has 0 unspecified atom stereocenters. The van der Waals surface area contributed by atoms with Crippen LogP contribution in [-0.4, -0.2) is 29.4 Å². The van der Waals surface area contributed by atoms with E-state index in [2.05, 4.69) is 10.3 Å². The lowest BCUT2D eigenvalue weighted by Crippen LogP contribution is -2.13. The molecule has 0 fully saturated rings. The molecule has 2 aromatic heterocycles. The summed E-state index contributed by atoms with van der Waals surface area (Å²) in [4.78, 5) is 19.1. The first-order valence-electron chi connectivity index (χ1n) is 7.50. The van der Waals surface area contributed by atoms with E-state index in [0.29, 0.717) is 11.2 Å². The lowest BCUT2D eigenvalue weighted by atomic mass is 10.2. The topological polar surface area (TPSA) is 49.6 Å². The number of amides is 1. The zero-order valence-corrected chi connectivity index (χ0v) is 13.8. The van der Waals surface area contributed by atoms with Gasteiger partial charge in [-0.2, -0.15) is 0 Å². The van der Waals surface area contributed by atoms with Crippen molar-refractivity contribution in [3.63, 3.8) is 0 Å². The second-order valence-electron chi connectivity index (χ2n) is 5.86. The number of carbonyl (C=O) groups is 1. The highest BCUT2D eigenvalue weighted by atomic mass is 16.1. The van der Waals surface area contributed by atoms with Crippen LogP contribution in [0.4, 0.5) is 11.4 Å². The number of nitrogens with zero attached hydrogens (tertiary/aromatic N) is 3. The third-order valence-electron chi connectivity index (χ3n) is 3.83. The van der Waals surface area contributed by atoms with E-state index < -0.39 is 0 Å². The van der Waals surface area contributed by atoms with Crippen molar-refractivity contribution in [3.8, 4) is 0 Å². The number of hydrogen-bond acceptors (Lipinski definition) is 3. The summed E-state index contributed by atoms with van der Waals surface area (Å²) in [5, 5.41) is 2.93. The van der Waals surface area contributed by atoms with Gasteiger partial charge in [-0.3, -0.25) is 4.79 Å². The number of fused-ring (bicyclic) bond motifs is 1. The van der Waals surface area contributed by atoms with Crippen molar-refractivity contribution in [1.82, 2.24) is 9.38 Å². The molecule has 5 heteroatoms. The van der Waals surface area contributed by atoms with Crippen LogP contribution in [0, 0.1) is 13.8 Å². The number of nitrogens with one attached hydrogen (secondary N) is 1. The van der Waals surface area contributed by atoms with E-state index in [0.717, 1.165) is 22.8 Å². The first kappa shape index (κ1) is 15.1. The number of rotatable bonds is 3. The first-order chi connectivity index (χ1) is 11.0. The molecule has 1 aromatic carbocycles. The van der Waals surface area contributed by atoms with Gasteiger partial charge in [0.25, 0.3) is 5.91 Å². The van der Waals surface area contributed by atoms with E-state index >= 15 is 0 Å². The minimum atomic E-state index is -0.150. The fourth-order valence-corrected chi connectivity index (χ4v) is 2.61. The Kier molecular flexibility index (Phi) is 3.78. The summed E-state index contributed by atoms with van der Waals surface area (Å²) in [5.74, 6) is -0.150. The molecule has 0 bridgehead atoms. The molecule has 0 atom stereocenters. The van der Waals surface area contributed by atoms with E-state index in [4.69, 9.17) is 0 Å². The van der Waals surface area contributed by atoms with E-state index in [1.807, 2.05) is 73.8 Å². The van der Waals surface area contributed by atoms with Gasteiger partial charge in [0.05, 0.1) is 5.56 Å². The monoisotopic (exact) mass is 308 g/mol. The molecule has 23 heavy (non-hydrogen) atoms. The molecule has 5 nitrogen and oxygen atoms in total. The molecule has 0 aliphatic rings. The third kappa shape index (κ3) is 2.90. The average molecular weight is 308 g/mol. The largest absolute Gasteiger partial charge is 0.378 e. The van der Waals surface area contributed by atoms with Gasteiger partial charge in [-0.25, -0.2) is 4.98 Å². The Morgan fingerprint density at radius 3 is 2.48 bits per heavy atom. The second-order valence-corrected chi connectivity index (χ2v) is 5.86. The zero-order valence-electron chi connectivity index (χ0n) is 13.8. The van der Waals surface area contributed by atoms with Gasteiger partial charge in [0.15, 0.2) is 0 Å². The minimum absolute atomic E-state index is 0.150. The van der Waals surface area contributed by atoms with Crippen LogP contribution in [0.2, 0.25) is 0 Å². The maximum absolute atomic E-state index is 12.6. The molecule has 2 heterocycles. The van der Waals surface area contributed by atoms with Crippen LogP contribution in [0.5, 0.6) is 0 Å². The molecule has 118 valence electrons. The molecule has 1 amide bonds. The van der Waals surface area contributed by atoms with Crippen molar-refractivity contribution >= 4 is 22.9 Å². The number of hydrogen-bond donors (Lipinski definition) is 1. The quantitative estimate of drug-likeness (QED) is 0.808. The fourth-order valence-electron chi connectivity index (χ4n) is 2.61. The van der Waals surface area contributed by atoms with Gasteiger partial charge in [-0.15, -0.1) is 0 Å². The normalized spacial score (nSPS) is 10.8. The molecule has 0 aliphatic heterocycles. The van der Waals surface area contributed by atoms with Crippen LogP contribution in [0.3, 0.4) is 0 Å². The molecule has 0 aliphatic carbocycles. The van der Waals surface area contributed by atoms with Gasteiger partial charge >= 0.3 is 0 Å². The van der Waals surface area contributed by atoms with Gasteiger partial charge in [0.2, 0.25) is 0 Å². The Morgan fingerprint density at radius 2 is 1.83 bits per heavy atom. The summed E-state index contributed by atoms with van der Waals surface area (Å²) >= 11 is 0. The molecule has 1 N–H and O–H groups in total. The van der Waals surface area contributed by atoms with Gasteiger partial charge < -0.3 is 14.6 Å². The summed E-state index contributed by atoms with van der Waals surface area (Å²) in [6.07, 6.45) is 1.88. The summed E-state index contributed by atoms with van der Waals surface area (Å²) in [7, 11) is 3.97. The SMILES string of the molecule is Cc1cc(C)n2ccc(C(=O)Nc3ccc(N(C)C)cc3)c2n1. The van der Waals surface area contributed by atoms with Crippen molar-refractivity contribution in [3.05, 3.63) is 59.5 Å². The smallest absolute Gasteiger partial charge is 0.259 e. The molecule has 0 saturated carbocycles. The van der Waals surface area contributed by atoms with E-state index in [9.17, 15) is 4.79 Å².